The van der Waals surface area contributed by atoms with Gasteiger partial charge in [0.1, 0.15) is 11.9 Å². The van der Waals surface area contributed by atoms with E-state index in [0.717, 1.165) is 44.1 Å². The van der Waals surface area contributed by atoms with Crippen molar-refractivity contribution < 1.29 is 9.53 Å². The average molecular weight is 346 g/mol. The third-order valence-corrected chi connectivity index (χ3v) is 4.51. The first-order valence-corrected chi connectivity index (χ1v) is 9.08. The van der Waals surface area contributed by atoms with E-state index in [1.807, 2.05) is 30.3 Å². The average Bonchev–Trinajstić information content (AvgIpc) is 2.62. The van der Waals surface area contributed by atoms with Crippen molar-refractivity contribution in [1.29, 1.82) is 0 Å². The fourth-order valence-corrected chi connectivity index (χ4v) is 3.21. The van der Waals surface area contributed by atoms with E-state index in [1.54, 1.807) is 7.05 Å². The summed E-state index contributed by atoms with van der Waals surface area (Å²) in [5.74, 6) is 1.83. The summed E-state index contributed by atoms with van der Waals surface area (Å²) in [6.45, 7) is 4.57. The Bertz CT molecular complexity index is 562. The summed E-state index contributed by atoms with van der Waals surface area (Å²) in [6, 6.07) is 9.86. The highest BCUT2D eigenvalue weighted by Crippen LogP contribution is 2.19. The Balaban J connectivity index is 1.87. The molecule has 2 rings (SSSR count). The van der Waals surface area contributed by atoms with Gasteiger partial charge in [-0.15, -0.1) is 0 Å². The number of hydrogen-bond donors (Lipinski definition) is 2. The van der Waals surface area contributed by atoms with Gasteiger partial charge < -0.3 is 20.7 Å². The number of ether oxygens (including phenoxy) is 1. The summed E-state index contributed by atoms with van der Waals surface area (Å²) in [7, 11) is 1.79. The van der Waals surface area contributed by atoms with Crippen LogP contribution >= 0.6 is 0 Å². The zero-order valence-electron chi connectivity index (χ0n) is 15.3. The normalized spacial score (nSPS) is 19.4. The molecule has 1 saturated heterocycles. The number of carbonyl (C=O) groups is 1. The van der Waals surface area contributed by atoms with Crippen LogP contribution in [0, 0.1) is 5.92 Å². The number of guanidine groups is 1. The summed E-state index contributed by atoms with van der Waals surface area (Å²) in [6.07, 6.45) is 3.53. The fraction of sp³-hybridized carbons (Fsp3) is 0.579. The predicted octanol–water partition coefficient (Wildman–Crippen LogP) is 2.01. The van der Waals surface area contributed by atoms with Gasteiger partial charge in [0.25, 0.3) is 0 Å². The van der Waals surface area contributed by atoms with Gasteiger partial charge >= 0.3 is 0 Å². The van der Waals surface area contributed by atoms with E-state index >= 15 is 0 Å². The first kappa shape index (κ1) is 19.1. The molecule has 6 heteroatoms. The maximum atomic E-state index is 11.2. The molecule has 138 valence electrons. The van der Waals surface area contributed by atoms with Crippen LogP contribution in [0.2, 0.25) is 0 Å². The molecule has 3 N–H and O–H groups in total. The lowest BCUT2D eigenvalue weighted by atomic mass is 9.95. The van der Waals surface area contributed by atoms with Crippen molar-refractivity contribution in [2.24, 2.45) is 16.6 Å². The molecule has 0 bridgehead atoms. The lowest BCUT2D eigenvalue weighted by Gasteiger charge is -2.35. The number of para-hydroxylation sites is 1. The zero-order valence-corrected chi connectivity index (χ0v) is 15.3. The standard InChI is InChI=1S/C19H30N4O2/c1-3-16(25-17-9-5-4-6-10-17)13-22-19(21-2)23-11-7-8-15(14-23)12-18(20)24/h4-6,9-10,15-16H,3,7-8,11-14H2,1-2H3,(H2,20,24)(H,21,22). The van der Waals surface area contributed by atoms with E-state index < -0.39 is 0 Å². The minimum atomic E-state index is -0.225. The molecule has 0 aromatic heterocycles. The van der Waals surface area contributed by atoms with Crippen LogP contribution in [-0.4, -0.2) is 49.6 Å². The number of amides is 1. The number of carbonyl (C=O) groups excluding carboxylic acids is 1. The summed E-state index contributed by atoms with van der Waals surface area (Å²) < 4.78 is 6.02. The first-order valence-electron chi connectivity index (χ1n) is 9.08. The highest BCUT2D eigenvalue weighted by Gasteiger charge is 2.24. The molecule has 1 fully saturated rings. The van der Waals surface area contributed by atoms with Crippen LogP contribution in [0.25, 0.3) is 0 Å². The summed E-state index contributed by atoms with van der Waals surface area (Å²) in [5, 5.41) is 3.42. The molecule has 0 spiro atoms. The number of benzene rings is 1. The molecule has 1 aromatic rings. The Morgan fingerprint density at radius 2 is 2.20 bits per heavy atom. The second-order valence-electron chi connectivity index (χ2n) is 6.51. The van der Waals surface area contributed by atoms with Crippen molar-refractivity contribution in [3.63, 3.8) is 0 Å². The van der Waals surface area contributed by atoms with Gasteiger partial charge in [0.15, 0.2) is 5.96 Å². The summed E-state index contributed by atoms with van der Waals surface area (Å²) in [5.41, 5.74) is 5.35. The molecule has 1 heterocycles. The van der Waals surface area contributed by atoms with E-state index in [4.69, 9.17) is 10.5 Å². The minimum absolute atomic E-state index is 0.0744. The molecule has 0 saturated carbocycles. The largest absolute Gasteiger partial charge is 0.489 e. The van der Waals surface area contributed by atoms with E-state index in [1.165, 1.54) is 0 Å². The first-order chi connectivity index (χ1) is 12.1. The van der Waals surface area contributed by atoms with E-state index in [2.05, 4.69) is 22.1 Å². The van der Waals surface area contributed by atoms with Gasteiger partial charge in [-0.05, 0) is 37.3 Å². The molecule has 2 unspecified atom stereocenters. The van der Waals surface area contributed by atoms with Crippen molar-refractivity contribution in [3.8, 4) is 5.75 Å². The van der Waals surface area contributed by atoms with Crippen molar-refractivity contribution in [2.75, 3.05) is 26.7 Å². The maximum Gasteiger partial charge on any atom is 0.217 e. The van der Waals surface area contributed by atoms with Crippen LogP contribution in [0.5, 0.6) is 5.75 Å². The van der Waals surface area contributed by atoms with Gasteiger partial charge in [0.2, 0.25) is 5.91 Å². The molecular weight excluding hydrogens is 316 g/mol. The van der Waals surface area contributed by atoms with Gasteiger partial charge in [0, 0.05) is 26.6 Å². The number of likely N-dealkylation sites (tertiary alicyclic amines) is 1. The monoisotopic (exact) mass is 346 g/mol. The number of nitrogens with one attached hydrogen (secondary N) is 1. The summed E-state index contributed by atoms with van der Waals surface area (Å²) >= 11 is 0. The van der Waals surface area contributed by atoms with Crippen LogP contribution in [0.15, 0.2) is 35.3 Å². The highest BCUT2D eigenvalue weighted by atomic mass is 16.5. The van der Waals surface area contributed by atoms with Gasteiger partial charge in [-0.2, -0.15) is 0 Å². The smallest absolute Gasteiger partial charge is 0.217 e. The van der Waals surface area contributed by atoms with E-state index in [-0.39, 0.29) is 12.0 Å². The Morgan fingerprint density at radius 1 is 1.44 bits per heavy atom. The second-order valence-corrected chi connectivity index (χ2v) is 6.51. The second kappa shape index (κ2) is 9.91. The Morgan fingerprint density at radius 3 is 2.84 bits per heavy atom. The quantitative estimate of drug-likeness (QED) is 0.585. The SMILES string of the molecule is CCC(CNC(=NC)N1CCCC(CC(N)=O)C1)Oc1ccccc1. The Kier molecular flexibility index (Phi) is 7.57. The van der Waals surface area contributed by atoms with Crippen molar-refractivity contribution >= 4 is 11.9 Å². The lowest BCUT2D eigenvalue weighted by molar-refractivity contribution is -0.119. The Hall–Kier alpha value is -2.24. The molecule has 1 aromatic carbocycles. The van der Waals surface area contributed by atoms with Crippen molar-refractivity contribution in [3.05, 3.63) is 30.3 Å². The Labute approximate surface area is 150 Å². The molecule has 1 aliphatic heterocycles. The molecule has 6 nitrogen and oxygen atoms in total. The number of hydrogen-bond acceptors (Lipinski definition) is 3. The molecular formula is C19H30N4O2. The third-order valence-electron chi connectivity index (χ3n) is 4.51. The molecule has 25 heavy (non-hydrogen) atoms. The number of piperidine rings is 1. The molecule has 1 aliphatic rings. The van der Waals surface area contributed by atoms with Crippen molar-refractivity contribution in [2.45, 2.75) is 38.7 Å². The van der Waals surface area contributed by atoms with Gasteiger partial charge in [-0.3, -0.25) is 9.79 Å². The van der Waals surface area contributed by atoms with Crippen LogP contribution in [-0.2, 0) is 4.79 Å². The molecule has 0 aliphatic carbocycles. The summed E-state index contributed by atoms with van der Waals surface area (Å²) in [4.78, 5) is 17.8. The van der Waals surface area contributed by atoms with Crippen LogP contribution in [0.4, 0.5) is 0 Å². The van der Waals surface area contributed by atoms with E-state index in [0.29, 0.717) is 18.9 Å². The fourth-order valence-electron chi connectivity index (χ4n) is 3.21. The molecule has 2 atom stereocenters. The number of primary amides is 1. The minimum Gasteiger partial charge on any atom is -0.489 e. The van der Waals surface area contributed by atoms with Crippen LogP contribution in [0.1, 0.15) is 32.6 Å². The molecule has 0 radical (unpaired) electrons. The third kappa shape index (κ3) is 6.29. The van der Waals surface area contributed by atoms with Crippen molar-refractivity contribution in [1.82, 2.24) is 10.2 Å². The topological polar surface area (TPSA) is 80.0 Å². The van der Waals surface area contributed by atoms with Crippen LogP contribution < -0.4 is 15.8 Å². The number of nitrogens with zero attached hydrogens (tertiary/aromatic N) is 2. The number of nitrogens with two attached hydrogens (primary N) is 1. The molecule has 1 amide bonds. The van der Waals surface area contributed by atoms with Gasteiger partial charge in [-0.25, -0.2) is 0 Å². The van der Waals surface area contributed by atoms with Gasteiger partial charge in [0.05, 0.1) is 6.54 Å². The highest BCUT2D eigenvalue weighted by molar-refractivity contribution is 5.80. The number of rotatable bonds is 7. The predicted molar refractivity (Wildman–Crippen MR) is 101 cm³/mol. The van der Waals surface area contributed by atoms with Gasteiger partial charge in [-0.1, -0.05) is 25.1 Å². The zero-order chi connectivity index (χ0) is 18.1. The number of aliphatic imine (C=N–C) groups is 1. The van der Waals surface area contributed by atoms with E-state index in [9.17, 15) is 4.79 Å². The lowest BCUT2D eigenvalue weighted by Crippen LogP contribution is -2.49. The van der Waals surface area contributed by atoms with Crippen LogP contribution in [0.3, 0.4) is 0 Å². The maximum absolute atomic E-state index is 11.2.